The third-order valence-corrected chi connectivity index (χ3v) is 5.25. The highest BCUT2D eigenvalue weighted by atomic mass is 16.5. The van der Waals surface area contributed by atoms with Crippen LogP contribution in [0.3, 0.4) is 0 Å². The summed E-state index contributed by atoms with van der Waals surface area (Å²) in [6, 6.07) is 18.3. The minimum Gasteiger partial charge on any atom is -0.497 e. The van der Waals surface area contributed by atoms with Gasteiger partial charge in [0, 0.05) is 12.1 Å². The number of ether oxygens (including phenoxy) is 4. The third kappa shape index (κ3) is 4.25. The first kappa shape index (κ1) is 22.0. The molecular formula is C26H24N2O5. The van der Waals surface area contributed by atoms with Crippen molar-refractivity contribution in [2.75, 3.05) is 28.4 Å². The van der Waals surface area contributed by atoms with Gasteiger partial charge in [-0.2, -0.15) is 0 Å². The molecule has 1 heterocycles. The highest BCUT2D eigenvalue weighted by Crippen LogP contribution is 2.39. The molecule has 0 aliphatic heterocycles. The lowest BCUT2D eigenvalue weighted by atomic mass is 10.2. The molecule has 0 aliphatic rings. The SMILES string of the molecule is COc1ccc(/C=C/c2nc3ccccc3c(=O)n2-c2cc(OC)c(OC)c(OC)c2)cc1. The van der Waals surface area contributed by atoms with E-state index in [4.69, 9.17) is 23.9 Å². The maximum absolute atomic E-state index is 13.6. The van der Waals surface area contributed by atoms with Crippen LogP contribution in [0.5, 0.6) is 23.0 Å². The zero-order valence-electron chi connectivity index (χ0n) is 18.9. The van der Waals surface area contributed by atoms with Gasteiger partial charge in [-0.1, -0.05) is 30.3 Å². The number of hydrogen-bond donors (Lipinski definition) is 0. The Bertz CT molecular complexity index is 1350. The molecule has 4 rings (SSSR count). The van der Waals surface area contributed by atoms with Gasteiger partial charge in [-0.05, 0) is 35.9 Å². The Morgan fingerprint density at radius 2 is 1.45 bits per heavy atom. The van der Waals surface area contributed by atoms with Crippen LogP contribution >= 0.6 is 0 Å². The van der Waals surface area contributed by atoms with E-state index in [0.29, 0.717) is 39.7 Å². The van der Waals surface area contributed by atoms with Gasteiger partial charge < -0.3 is 18.9 Å². The van der Waals surface area contributed by atoms with Gasteiger partial charge in [0.25, 0.3) is 5.56 Å². The number of nitrogens with zero attached hydrogens (tertiary/aromatic N) is 2. The largest absolute Gasteiger partial charge is 0.497 e. The monoisotopic (exact) mass is 444 g/mol. The lowest BCUT2D eigenvalue weighted by Gasteiger charge is -2.17. The Morgan fingerprint density at radius 3 is 2.06 bits per heavy atom. The van der Waals surface area contributed by atoms with Gasteiger partial charge in [0.15, 0.2) is 11.5 Å². The summed E-state index contributed by atoms with van der Waals surface area (Å²) in [7, 11) is 6.23. The van der Waals surface area contributed by atoms with Gasteiger partial charge in [-0.25, -0.2) is 4.98 Å². The van der Waals surface area contributed by atoms with Gasteiger partial charge >= 0.3 is 0 Å². The Labute approximate surface area is 191 Å². The fourth-order valence-electron chi connectivity index (χ4n) is 3.59. The van der Waals surface area contributed by atoms with Crippen molar-refractivity contribution in [3.8, 4) is 28.7 Å². The zero-order chi connectivity index (χ0) is 23.4. The summed E-state index contributed by atoms with van der Waals surface area (Å²) in [6.07, 6.45) is 3.70. The van der Waals surface area contributed by atoms with Crippen molar-refractivity contribution in [2.24, 2.45) is 0 Å². The van der Waals surface area contributed by atoms with Crippen LogP contribution in [0, 0.1) is 0 Å². The van der Waals surface area contributed by atoms with Gasteiger partial charge in [0.2, 0.25) is 5.75 Å². The Balaban J connectivity index is 1.94. The van der Waals surface area contributed by atoms with E-state index in [1.807, 2.05) is 48.5 Å². The van der Waals surface area contributed by atoms with Gasteiger partial charge in [0.05, 0.1) is 45.0 Å². The molecule has 0 saturated heterocycles. The average Bonchev–Trinajstić information content (AvgIpc) is 2.87. The molecule has 0 bridgehead atoms. The molecule has 0 N–H and O–H groups in total. The van der Waals surface area contributed by atoms with Crippen molar-refractivity contribution in [1.29, 1.82) is 0 Å². The highest BCUT2D eigenvalue weighted by molar-refractivity contribution is 5.80. The van der Waals surface area contributed by atoms with Crippen LogP contribution in [0.15, 0.2) is 65.5 Å². The summed E-state index contributed by atoms with van der Waals surface area (Å²) in [6.45, 7) is 0. The van der Waals surface area contributed by atoms with E-state index in [2.05, 4.69) is 0 Å². The molecule has 0 radical (unpaired) electrons. The summed E-state index contributed by atoms with van der Waals surface area (Å²) in [5.41, 5.74) is 1.89. The van der Waals surface area contributed by atoms with E-state index >= 15 is 0 Å². The molecule has 0 atom stereocenters. The average molecular weight is 444 g/mol. The second-order valence-corrected chi connectivity index (χ2v) is 7.12. The van der Waals surface area contributed by atoms with Crippen LogP contribution in [-0.2, 0) is 0 Å². The van der Waals surface area contributed by atoms with E-state index < -0.39 is 0 Å². The molecule has 7 heteroatoms. The molecule has 1 aromatic heterocycles. The van der Waals surface area contributed by atoms with E-state index in [1.165, 1.54) is 25.9 Å². The van der Waals surface area contributed by atoms with E-state index in [9.17, 15) is 4.79 Å². The molecule has 0 spiro atoms. The van der Waals surface area contributed by atoms with Crippen molar-refractivity contribution >= 4 is 23.1 Å². The number of fused-ring (bicyclic) bond motifs is 1. The number of aromatic nitrogens is 2. The second-order valence-electron chi connectivity index (χ2n) is 7.12. The summed E-state index contributed by atoms with van der Waals surface area (Å²) in [5.74, 6) is 2.56. The predicted octanol–water partition coefficient (Wildman–Crippen LogP) is 4.59. The van der Waals surface area contributed by atoms with Gasteiger partial charge in [-0.15, -0.1) is 0 Å². The summed E-state index contributed by atoms with van der Waals surface area (Å²) >= 11 is 0. The van der Waals surface area contributed by atoms with Crippen molar-refractivity contribution in [2.45, 2.75) is 0 Å². The highest BCUT2D eigenvalue weighted by Gasteiger charge is 2.18. The summed E-state index contributed by atoms with van der Waals surface area (Å²) < 4.78 is 23.2. The van der Waals surface area contributed by atoms with Crippen molar-refractivity contribution in [3.05, 3.63) is 82.4 Å². The van der Waals surface area contributed by atoms with Crippen LogP contribution in [-0.4, -0.2) is 38.0 Å². The lowest BCUT2D eigenvalue weighted by Crippen LogP contribution is -2.22. The van der Waals surface area contributed by atoms with E-state index in [1.54, 1.807) is 31.4 Å². The summed E-state index contributed by atoms with van der Waals surface area (Å²) in [4.78, 5) is 18.3. The molecule has 33 heavy (non-hydrogen) atoms. The van der Waals surface area contributed by atoms with Gasteiger partial charge in [0.1, 0.15) is 11.6 Å². The van der Waals surface area contributed by atoms with Crippen LogP contribution in [0.1, 0.15) is 11.4 Å². The number of methoxy groups -OCH3 is 4. The number of para-hydroxylation sites is 1. The molecule has 168 valence electrons. The summed E-state index contributed by atoms with van der Waals surface area (Å²) in [5, 5.41) is 0.507. The van der Waals surface area contributed by atoms with Crippen LogP contribution in [0.25, 0.3) is 28.7 Å². The maximum Gasteiger partial charge on any atom is 0.266 e. The molecule has 7 nitrogen and oxygen atoms in total. The molecule has 0 saturated carbocycles. The molecule has 0 unspecified atom stereocenters. The molecule has 0 fully saturated rings. The molecular weight excluding hydrogens is 420 g/mol. The fraction of sp³-hybridized carbons (Fsp3) is 0.154. The zero-order valence-corrected chi connectivity index (χ0v) is 18.9. The Morgan fingerprint density at radius 1 is 0.788 bits per heavy atom. The van der Waals surface area contributed by atoms with Crippen LogP contribution < -0.4 is 24.5 Å². The van der Waals surface area contributed by atoms with Crippen LogP contribution in [0.4, 0.5) is 0 Å². The number of rotatable bonds is 7. The van der Waals surface area contributed by atoms with Crippen molar-refractivity contribution in [3.63, 3.8) is 0 Å². The standard InChI is InChI=1S/C26H24N2O5/c1-30-19-12-9-17(10-13-19)11-14-24-27-21-8-6-5-7-20(21)26(29)28(24)18-15-22(31-2)25(33-4)23(16-18)32-3/h5-16H,1-4H3/b14-11+. The van der Waals surface area contributed by atoms with E-state index in [-0.39, 0.29) is 5.56 Å². The minimum atomic E-state index is -0.204. The second kappa shape index (κ2) is 9.48. The number of benzene rings is 3. The maximum atomic E-state index is 13.6. The quantitative estimate of drug-likeness (QED) is 0.415. The normalized spacial score (nSPS) is 11.0. The molecule has 3 aromatic carbocycles. The van der Waals surface area contributed by atoms with Crippen LogP contribution in [0.2, 0.25) is 0 Å². The first-order valence-corrected chi connectivity index (χ1v) is 10.2. The Hall–Kier alpha value is -4.26. The third-order valence-electron chi connectivity index (χ3n) is 5.25. The molecule has 4 aromatic rings. The van der Waals surface area contributed by atoms with Crippen molar-refractivity contribution in [1.82, 2.24) is 9.55 Å². The van der Waals surface area contributed by atoms with E-state index in [0.717, 1.165) is 11.3 Å². The minimum absolute atomic E-state index is 0.204. The van der Waals surface area contributed by atoms with Gasteiger partial charge in [-0.3, -0.25) is 9.36 Å². The lowest BCUT2D eigenvalue weighted by molar-refractivity contribution is 0.324. The first-order chi connectivity index (χ1) is 16.1. The predicted molar refractivity (Wildman–Crippen MR) is 129 cm³/mol. The first-order valence-electron chi connectivity index (χ1n) is 10.2. The van der Waals surface area contributed by atoms with Crippen molar-refractivity contribution < 1.29 is 18.9 Å². The number of hydrogen-bond acceptors (Lipinski definition) is 6. The molecule has 0 amide bonds. The fourth-order valence-corrected chi connectivity index (χ4v) is 3.59. The molecule has 0 aliphatic carbocycles. The topological polar surface area (TPSA) is 71.8 Å². The smallest absolute Gasteiger partial charge is 0.266 e. The Kier molecular flexibility index (Phi) is 6.31.